The third-order valence-corrected chi connectivity index (χ3v) is 3.55. The fourth-order valence-electron chi connectivity index (χ4n) is 2.06. The Morgan fingerprint density at radius 2 is 2.17 bits per heavy atom. The van der Waals surface area contributed by atoms with Gasteiger partial charge in [0.05, 0.1) is 5.56 Å². The van der Waals surface area contributed by atoms with Crippen LogP contribution in [-0.4, -0.2) is 23.4 Å². The van der Waals surface area contributed by atoms with Gasteiger partial charge in [-0.1, -0.05) is 29.8 Å². The van der Waals surface area contributed by atoms with E-state index in [1.54, 1.807) is 12.1 Å². The number of hydrogen-bond acceptors (Lipinski definition) is 2. The molecule has 2 N–H and O–H groups in total. The molecule has 2 rings (SSSR count). The first-order chi connectivity index (χ1) is 8.49. The molecule has 3 nitrogen and oxygen atoms in total. The molecule has 0 radical (unpaired) electrons. The third-order valence-electron chi connectivity index (χ3n) is 3.05. The molecule has 0 atom stereocenters. The van der Waals surface area contributed by atoms with Crippen molar-refractivity contribution in [2.24, 2.45) is 5.92 Å². The molecule has 1 saturated carbocycles. The predicted octanol–water partition coefficient (Wildman–Crippen LogP) is 3.29. The zero-order chi connectivity index (χ0) is 13.3. The Balaban J connectivity index is 2.22. The topological polar surface area (TPSA) is 46.3 Å². The molecule has 1 fully saturated rings. The van der Waals surface area contributed by atoms with E-state index in [2.05, 4.69) is 29.8 Å². The summed E-state index contributed by atoms with van der Waals surface area (Å²) in [5, 5.41) is 0. The summed E-state index contributed by atoms with van der Waals surface area (Å²) in [6.45, 7) is 5.07. The highest BCUT2D eigenvalue weighted by atomic mass is 79.9. The molecule has 0 heterocycles. The van der Waals surface area contributed by atoms with E-state index in [1.165, 1.54) is 0 Å². The maximum absolute atomic E-state index is 12.5. The molecule has 0 unspecified atom stereocenters. The van der Waals surface area contributed by atoms with Crippen molar-refractivity contribution in [2.45, 2.75) is 32.7 Å². The van der Waals surface area contributed by atoms with Gasteiger partial charge < -0.3 is 10.6 Å². The number of rotatable bonds is 4. The Kier molecular flexibility index (Phi) is 3.95. The Bertz CT molecular complexity index is 455. The number of nitrogens with two attached hydrogens (primary N) is 1. The SMILES string of the molecule is CC(C)CN(C(=O)c1ccc(Br)cc1N)C1CC1. The standard InChI is InChI=1S/C14H19BrN2O/c1-9(2)8-17(11-4-5-11)14(18)12-6-3-10(15)7-13(12)16/h3,6-7,9,11H,4-5,8,16H2,1-2H3. The maximum atomic E-state index is 12.5. The number of carbonyl (C=O) groups is 1. The van der Waals surface area contributed by atoms with E-state index in [0.29, 0.717) is 23.2 Å². The summed E-state index contributed by atoms with van der Waals surface area (Å²) in [6, 6.07) is 5.87. The van der Waals surface area contributed by atoms with Gasteiger partial charge in [-0.3, -0.25) is 4.79 Å². The average molecular weight is 311 g/mol. The zero-order valence-corrected chi connectivity index (χ0v) is 12.4. The smallest absolute Gasteiger partial charge is 0.256 e. The predicted molar refractivity (Wildman–Crippen MR) is 77.5 cm³/mol. The van der Waals surface area contributed by atoms with Crippen LogP contribution in [0.25, 0.3) is 0 Å². The Morgan fingerprint density at radius 1 is 1.50 bits per heavy atom. The van der Waals surface area contributed by atoms with Gasteiger partial charge in [0.2, 0.25) is 0 Å². The molecule has 1 aromatic carbocycles. The van der Waals surface area contributed by atoms with Crippen LogP contribution in [0.3, 0.4) is 0 Å². The number of nitrogens with zero attached hydrogens (tertiary/aromatic N) is 1. The molecule has 1 aromatic rings. The van der Waals surface area contributed by atoms with E-state index in [-0.39, 0.29) is 5.91 Å². The van der Waals surface area contributed by atoms with Crippen molar-refractivity contribution in [3.8, 4) is 0 Å². The summed E-state index contributed by atoms with van der Waals surface area (Å²) in [5.74, 6) is 0.544. The van der Waals surface area contributed by atoms with E-state index in [9.17, 15) is 4.79 Å². The lowest BCUT2D eigenvalue weighted by Crippen LogP contribution is -2.36. The van der Waals surface area contributed by atoms with Crippen molar-refractivity contribution in [2.75, 3.05) is 12.3 Å². The van der Waals surface area contributed by atoms with Crippen LogP contribution in [-0.2, 0) is 0 Å². The van der Waals surface area contributed by atoms with Crippen LogP contribution >= 0.6 is 15.9 Å². The normalized spacial score (nSPS) is 14.9. The third kappa shape index (κ3) is 3.05. The highest BCUT2D eigenvalue weighted by Crippen LogP contribution is 2.30. The lowest BCUT2D eigenvalue weighted by Gasteiger charge is -2.25. The molecular weight excluding hydrogens is 292 g/mol. The van der Waals surface area contributed by atoms with Crippen molar-refractivity contribution in [1.82, 2.24) is 4.90 Å². The number of nitrogen functional groups attached to an aromatic ring is 1. The molecule has 0 bridgehead atoms. The first-order valence-corrected chi connectivity index (χ1v) is 7.14. The molecule has 4 heteroatoms. The van der Waals surface area contributed by atoms with Gasteiger partial charge in [0.1, 0.15) is 0 Å². The fourth-order valence-corrected chi connectivity index (χ4v) is 2.44. The number of anilines is 1. The largest absolute Gasteiger partial charge is 0.398 e. The molecule has 0 aliphatic heterocycles. The van der Waals surface area contributed by atoms with E-state index < -0.39 is 0 Å². The average Bonchev–Trinajstić information content (AvgIpc) is 3.08. The van der Waals surface area contributed by atoms with Gasteiger partial charge in [-0.15, -0.1) is 0 Å². The molecular formula is C14H19BrN2O. The van der Waals surface area contributed by atoms with Gasteiger partial charge in [0, 0.05) is 22.7 Å². The number of amides is 1. The van der Waals surface area contributed by atoms with E-state index in [1.807, 2.05) is 11.0 Å². The number of carbonyl (C=O) groups excluding carboxylic acids is 1. The van der Waals surface area contributed by atoms with E-state index >= 15 is 0 Å². The molecule has 18 heavy (non-hydrogen) atoms. The molecule has 0 spiro atoms. The van der Waals surface area contributed by atoms with Crippen molar-refractivity contribution in [3.63, 3.8) is 0 Å². The highest BCUT2D eigenvalue weighted by Gasteiger charge is 2.33. The Labute approximate surface area is 116 Å². The van der Waals surface area contributed by atoms with Crippen molar-refractivity contribution < 1.29 is 4.79 Å². The van der Waals surface area contributed by atoms with E-state index in [0.717, 1.165) is 23.9 Å². The highest BCUT2D eigenvalue weighted by molar-refractivity contribution is 9.10. The summed E-state index contributed by atoms with van der Waals surface area (Å²) in [7, 11) is 0. The summed E-state index contributed by atoms with van der Waals surface area (Å²) in [4.78, 5) is 14.5. The van der Waals surface area contributed by atoms with Gasteiger partial charge in [0.15, 0.2) is 0 Å². The summed E-state index contributed by atoms with van der Waals surface area (Å²) in [6.07, 6.45) is 2.24. The van der Waals surface area contributed by atoms with Gasteiger partial charge >= 0.3 is 0 Å². The fraction of sp³-hybridized carbons (Fsp3) is 0.500. The van der Waals surface area contributed by atoms with Gasteiger partial charge in [-0.2, -0.15) is 0 Å². The molecule has 1 aliphatic carbocycles. The Morgan fingerprint density at radius 3 is 2.67 bits per heavy atom. The molecule has 0 aromatic heterocycles. The van der Waals surface area contributed by atoms with Gasteiger partial charge in [-0.05, 0) is 37.0 Å². The molecule has 1 amide bonds. The lowest BCUT2D eigenvalue weighted by molar-refractivity contribution is 0.0723. The van der Waals surface area contributed by atoms with E-state index in [4.69, 9.17) is 5.73 Å². The second kappa shape index (κ2) is 5.31. The second-order valence-corrected chi connectivity index (χ2v) is 6.23. The first-order valence-electron chi connectivity index (χ1n) is 6.35. The van der Waals surface area contributed by atoms with Crippen molar-refractivity contribution >= 4 is 27.5 Å². The minimum absolute atomic E-state index is 0.0659. The zero-order valence-electron chi connectivity index (χ0n) is 10.8. The van der Waals surface area contributed by atoms with Crippen LogP contribution in [0, 0.1) is 5.92 Å². The lowest BCUT2D eigenvalue weighted by atomic mass is 10.1. The van der Waals surface area contributed by atoms with Crippen LogP contribution in [0.1, 0.15) is 37.0 Å². The summed E-state index contributed by atoms with van der Waals surface area (Å²) >= 11 is 3.36. The van der Waals surface area contributed by atoms with Crippen LogP contribution in [0.15, 0.2) is 22.7 Å². The minimum Gasteiger partial charge on any atom is -0.398 e. The van der Waals surface area contributed by atoms with Crippen LogP contribution in [0.5, 0.6) is 0 Å². The quantitative estimate of drug-likeness (QED) is 0.867. The van der Waals surface area contributed by atoms with Crippen molar-refractivity contribution in [3.05, 3.63) is 28.2 Å². The minimum atomic E-state index is 0.0659. The number of hydrogen-bond donors (Lipinski definition) is 1. The molecule has 98 valence electrons. The van der Waals surface area contributed by atoms with Gasteiger partial charge in [-0.25, -0.2) is 0 Å². The van der Waals surface area contributed by atoms with Crippen LogP contribution < -0.4 is 5.73 Å². The summed E-state index contributed by atoms with van der Waals surface area (Å²) < 4.78 is 0.901. The number of benzene rings is 1. The maximum Gasteiger partial charge on any atom is 0.256 e. The molecule has 0 saturated heterocycles. The van der Waals surface area contributed by atoms with Crippen LogP contribution in [0.4, 0.5) is 5.69 Å². The van der Waals surface area contributed by atoms with Crippen molar-refractivity contribution in [1.29, 1.82) is 0 Å². The van der Waals surface area contributed by atoms with Gasteiger partial charge in [0.25, 0.3) is 5.91 Å². The monoisotopic (exact) mass is 310 g/mol. The number of halogens is 1. The summed E-state index contributed by atoms with van der Waals surface area (Å²) in [5.41, 5.74) is 7.10. The van der Waals surface area contributed by atoms with Crippen LogP contribution in [0.2, 0.25) is 0 Å². The first kappa shape index (κ1) is 13.4. The Hall–Kier alpha value is -1.03. The second-order valence-electron chi connectivity index (χ2n) is 5.31. The molecule has 1 aliphatic rings.